The minimum atomic E-state index is -3.36. The summed E-state index contributed by atoms with van der Waals surface area (Å²) >= 11 is 8.65. The average molecular weight is 348 g/mol. The quantitative estimate of drug-likeness (QED) is 0.840. The maximum atomic E-state index is 12.5. The van der Waals surface area contributed by atoms with Crippen LogP contribution in [0.4, 0.5) is 0 Å². The van der Waals surface area contributed by atoms with Crippen molar-refractivity contribution in [3.05, 3.63) is 38.9 Å². The highest BCUT2D eigenvalue weighted by Gasteiger charge is 2.30. The molecule has 2 aromatic heterocycles. The molecule has 7 heteroatoms. The number of nitrogens with zero attached hydrogens (tertiary/aromatic N) is 1. The molecule has 3 heterocycles. The molecule has 20 heavy (non-hydrogen) atoms. The Kier molecular flexibility index (Phi) is 4.19. The van der Waals surface area contributed by atoms with Crippen LogP contribution >= 0.6 is 34.3 Å². The molecule has 0 aliphatic carbocycles. The summed E-state index contributed by atoms with van der Waals surface area (Å²) in [5.41, 5.74) is 1.34. The predicted molar refractivity (Wildman–Crippen MR) is 84.4 cm³/mol. The lowest BCUT2D eigenvalue weighted by molar-refractivity contribution is 0.320. The lowest BCUT2D eigenvalue weighted by Crippen LogP contribution is -2.37. The number of sulfonamides is 1. The monoisotopic (exact) mass is 347 g/mol. The van der Waals surface area contributed by atoms with Gasteiger partial charge in [-0.1, -0.05) is 11.6 Å². The number of hydrogen-bond donors (Lipinski definition) is 0. The van der Waals surface area contributed by atoms with E-state index in [0.29, 0.717) is 27.6 Å². The summed E-state index contributed by atoms with van der Waals surface area (Å²) in [4.78, 5) is 0. The summed E-state index contributed by atoms with van der Waals surface area (Å²) < 4.78 is 27.4. The third-order valence-electron chi connectivity index (χ3n) is 3.61. The van der Waals surface area contributed by atoms with Crippen LogP contribution in [0.1, 0.15) is 24.3 Å². The van der Waals surface area contributed by atoms with Crippen LogP contribution in [0, 0.1) is 0 Å². The first-order valence-corrected chi connectivity index (χ1v) is 9.92. The maximum absolute atomic E-state index is 12.5. The molecule has 0 amide bonds. The van der Waals surface area contributed by atoms with Gasteiger partial charge in [0.25, 0.3) is 10.0 Å². The topological polar surface area (TPSA) is 37.4 Å². The van der Waals surface area contributed by atoms with E-state index in [1.165, 1.54) is 5.56 Å². The number of rotatable bonds is 3. The number of piperidine rings is 1. The fourth-order valence-corrected chi connectivity index (χ4v) is 6.35. The lowest BCUT2D eigenvalue weighted by Gasteiger charge is -2.30. The van der Waals surface area contributed by atoms with Crippen molar-refractivity contribution in [3.63, 3.8) is 0 Å². The molecule has 0 saturated carbocycles. The lowest BCUT2D eigenvalue weighted by atomic mass is 9.92. The van der Waals surface area contributed by atoms with Crippen LogP contribution in [-0.4, -0.2) is 25.8 Å². The molecule has 0 N–H and O–H groups in total. The van der Waals surface area contributed by atoms with Gasteiger partial charge >= 0.3 is 0 Å². The van der Waals surface area contributed by atoms with E-state index in [-0.39, 0.29) is 0 Å². The summed E-state index contributed by atoms with van der Waals surface area (Å²) in [6.45, 7) is 1.16. The van der Waals surface area contributed by atoms with Gasteiger partial charge in [-0.15, -0.1) is 11.3 Å². The Balaban J connectivity index is 1.72. The Bertz CT molecular complexity index is 670. The summed E-state index contributed by atoms with van der Waals surface area (Å²) in [6.07, 6.45) is 1.77. The van der Waals surface area contributed by atoms with Crippen LogP contribution in [0.5, 0.6) is 0 Å². The SMILES string of the molecule is O=S(=O)(c1ccc(Cl)s1)N1CCC(c2ccsc2)CC1. The van der Waals surface area contributed by atoms with Crippen LogP contribution in [0.25, 0.3) is 0 Å². The van der Waals surface area contributed by atoms with E-state index in [4.69, 9.17) is 11.6 Å². The fraction of sp³-hybridized carbons (Fsp3) is 0.385. The number of hydrogen-bond acceptors (Lipinski definition) is 4. The maximum Gasteiger partial charge on any atom is 0.252 e. The van der Waals surface area contributed by atoms with E-state index >= 15 is 0 Å². The second kappa shape index (κ2) is 5.77. The standard InChI is InChI=1S/C13H14ClNO2S3/c14-12-1-2-13(19-12)20(16,17)15-6-3-10(4-7-15)11-5-8-18-9-11/h1-2,5,8-10H,3-4,6-7H2. The first kappa shape index (κ1) is 14.5. The van der Waals surface area contributed by atoms with Gasteiger partial charge in [0, 0.05) is 13.1 Å². The van der Waals surface area contributed by atoms with Crippen molar-refractivity contribution in [2.75, 3.05) is 13.1 Å². The minimum Gasteiger partial charge on any atom is -0.206 e. The Labute approximate surface area is 131 Å². The van der Waals surface area contributed by atoms with E-state index in [1.54, 1.807) is 27.8 Å². The van der Waals surface area contributed by atoms with E-state index in [2.05, 4.69) is 16.8 Å². The molecule has 1 saturated heterocycles. The molecule has 0 aromatic carbocycles. The van der Waals surface area contributed by atoms with E-state index in [1.807, 2.05) is 0 Å². The molecule has 1 aliphatic heterocycles. The predicted octanol–water partition coefficient (Wildman–Crippen LogP) is 4.03. The van der Waals surface area contributed by atoms with Gasteiger partial charge in [-0.05, 0) is 53.3 Å². The highest BCUT2D eigenvalue weighted by atomic mass is 35.5. The van der Waals surface area contributed by atoms with Crippen LogP contribution < -0.4 is 0 Å². The molecule has 2 aromatic rings. The minimum absolute atomic E-state index is 0.344. The van der Waals surface area contributed by atoms with Gasteiger partial charge in [-0.3, -0.25) is 0 Å². The van der Waals surface area contributed by atoms with Crippen molar-refractivity contribution < 1.29 is 8.42 Å². The van der Waals surface area contributed by atoms with Crippen LogP contribution in [0.3, 0.4) is 0 Å². The Morgan fingerprint density at radius 1 is 1.20 bits per heavy atom. The van der Waals surface area contributed by atoms with Crippen molar-refractivity contribution in [2.45, 2.75) is 23.0 Å². The van der Waals surface area contributed by atoms with Crippen molar-refractivity contribution >= 4 is 44.3 Å². The second-order valence-corrected chi connectivity index (χ2v) is 9.45. The molecular weight excluding hydrogens is 334 g/mol. The molecule has 3 rings (SSSR count). The molecule has 0 radical (unpaired) electrons. The highest BCUT2D eigenvalue weighted by molar-refractivity contribution is 7.91. The van der Waals surface area contributed by atoms with Crippen molar-refractivity contribution in [1.82, 2.24) is 4.31 Å². The van der Waals surface area contributed by atoms with Crippen molar-refractivity contribution in [3.8, 4) is 0 Å². The van der Waals surface area contributed by atoms with Gasteiger partial charge in [0.1, 0.15) is 4.21 Å². The van der Waals surface area contributed by atoms with Crippen molar-refractivity contribution in [2.24, 2.45) is 0 Å². The van der Waals surface area contributed by atoms with Crippen LogP contribution in [0.2, 0.25) is 4.34 Å². The van der Waals surface area contributed by atoms with E-state index in [0.717, 1.165) is 24.2 Å². The zero-order chi connectivity index (χ0) is 14.2. The van der Waals surface area contributed by atoms with Gasteiger partial charge in [-0.2, -0.15) is 15.6 Å². The third-order valence-corrected chi connectivity index (χ3v) is 7.91. The van der Waals surface area contributed by atoms with Gasteiger partial charge in [0.15, 0.2) is 0 Å². The summed E-state index contributed by atoms with van der Waals surface area (Å²) in [5.74, 6) is 0.486. The van der Waals surface area contributed by atoms with E-state index in [9.17, 15) is 8.42 Å². The summed E-state index contributed by atoms with van der Waals surface area (Å²) in [6, 6.07) is 5.36. The highest BCUT2D eigenvalue weighted by Crippen LogP contribution is 2.34. The second-order valence-electron chi connectivity index (χ2n) is 4.79. The molecule has 0 unspecified atom stereocenters. The van der Waals surface area contributed by atoms with Crippen LogP contribution in [-0.2, 0) is 10.0 Å². The van der Waals surface area contributed by atoms with Gasteiger partial charge in [0.05, 0.1) is 4.34 Å². The van der Waals surface area contributed by atoms with E-state index < -0.39 is 10.0 Å². The van der Waals surface area contributed by atoms with Gasteiger partial charge in [0.2, 0.25) is 0 Å². The van der Waals surface area contributed by atoms with Gasteiger partial charge in [-0.25, -0.2) is 8.42 Å². The summed E-state index contributed by atoms with van der Waals surface area (Å²) in [5, 5.41) is 4.24. The first-order valence-electron chi connectivity index (χ1n) is 6.35. The molecule has 1 fully saturated rings. The zero-order valence-corrected chi connectivity index (χ0v) is 13.9. The molecule has 108 valence electrons. The largest absolute Gasteiger partial charge is 0.252 e. The molecule has 0 atom stereocenters. The molecule has 0 bridgehead atoms. The number of halogens is 1. The molecule has 1 aliphatic rings. The summed E-state index contributed by atoms with van der Waals surface area (Å²) in [7, 11) is -3.36. The number of thiophene rings is 2. The molecule has 0 spiro atoms. The first-order chi connectivity index (χ1) is 9.57. The zero-order valence-electron chi connectivity index (χ0n) is 10.7. The fourth-order valence-electron chi connectivity index (χ4n) is 2.50. The average Bonchev–Trinajstić information content (AvgIpc) is 3.10. The van der Waals surface area contributed by atoms with Gasteiger partial charge < -0.3 is 0 Å². The Morgan fingerprint density at radius 3 is 2.50 bits per heavy atom. The molecular formula is C13H14ClNO2S3. The molecule has 3 nitrogen and oxygen atoms in total. The Hall–Kier alpha value is -0.400. The normalized spacial score (nSPS) is 18.4. The van der Waals surface area contributed by atoms with Crippen molar-refractivity contribution in [1.29, 1.82) is 0 Å². The Morgan fingerprint density at radius 2 is 1.95 bits per heavy atom. The smallest absolute Gasteiger partial charge is 0.206 e. The van der Waals surface area contributed by atoms with Crippen LogP contribution in [0.15, 0.2) is 33.2 Å². The third kappa shape index (κ3) is 2.80.